The van der Waals surface area contributed by atoms with Gasteiger partial charge in [0.2, 0.25) is 5.95 Å². The van der Waals surface area contributed by atoms with Crippen LogP contribution in [0.1, 0.15) is 26.3 Å². The number of hydrogen-bond donors (Lipinski definition) is 0. The fraction of sp³-hybridized carbons (Fsp3) is 0.455. The normalized spacial score (nSPS) is 11.4. The average Bonchev–Trinajstić information content (AvgIpc) is 2.07. The number of aromatic nitrogens is 1. The molecule has 0 saturated heterocycles. The van der Waals surface area contributed by atoms with Crippen molar-refractivity contribution in [2.45, 2.75) is 27.2 Å². The largest absolute Gasteiger partial charge is 0.299 e. The standard InChI is InChI=1S/C11H14FNO/c1-11(2,3)9(14)7-8-5-4-6-13-10(8)12/h4-6H,7H2,1-3H3. The maximum atomic E-state index is 13.1. The van der Waals surface area contributed by atoms with E-state index in [-0.39, 0.29) is 12.2 Å². The second-order valence-electron chi connectivity index (χ2n) is 4.30. The van der Waals surface area contributed by atoms with Crippen LogP contribution >= 0.6 is 0 Å². The van der Waals surface area contributed by atoms with Crippen LogP contribution in [0.5, 0.6) is 0 Å². The van der Waals surface area contributed by atoms with Crippen molar-refractivity contribution in [1.82, 2.24) is 4.98 Å². The zero-order valence-corrected chi connectivity index (χ0v) is 8.67. The molecule has 0 aliphatic carbocycles. The third kappa shape index (κ3) is 2.62. The van der Waals surface area contributed by atoms with Crippen LogP contribution < -0.4 is 0 Å². The fourth-order valence-electron chi connectivity index (χ4n) is 0.989. The zero-order chi connectivity index (χ0) is 10.8. The summed E-state index contributed by atoms with van der Waals surface area (Å²) in [4.78, 5) is 15.1. The molecule has 0 atom stereocenters. The monoisotopic (exact) mass is 195 g/mol. The van der Waals surface area contributed by atoms with Crippen LogP contribution in [0.3, 0.4) is 0 Å². The molecule has 0 aliphatic heterocycles. The van der Waals surface area contributed by atoms with Crippen molar-refractivity contribution in [3.05, 3.63) is 29.8 Å². The first-order valence-corrected chi connectivity index (χ1v) is 4.54. The molecule has 0 aromatic carbocycles. The van der Waals surface area contributed by atoms with Gasteiger partial charge in [-0.05, 0) is 6.07 Å². The lowest BCUT2D eigenvalue weighted by molar-refractivity contribution is -0.125. The van der Waals surface area contributed by atoms with Gasteiger partial charge in [-0.1, -0.05) is 26.8 Å². The molecule has 1 heterocycles. The molecule has 0 fully saturated rings. The third-order valence-electron chi connectivity index (χ3n) is 2.02. The zero-order valence-electron chi connectivity index (χ0n) is 8.67. The molecule has 0 spiro atoms. The minimum atomic E-state index is -0.551. The number of nitrogens with zero attached hydrogens (tertiary/aromatic N) is 1. The van der Waals surface area contributed by atoms with Gasteiger partial charge in [0.25, 0.3) is 0 Å². The lowest BCUT2D eigenvalue weighted by atomic mass is 9.87. The van der Waals surface area contributed by atoms with Crippen LogP contribution in [0.4, 0.5) is 4.39 Å². The van der Waals surface area contributed by atoms with Gasteiger partial charge < -0.3 is 0 Å². The Balaban J connectivity index is 2.80. The highest BCUT2D eigenvalue weighted by Crippen LogP contribution is 2.18. The van der Waals surface area contributed by atoms with Crippen LogP contribution in [0.25, 0.3) is 0 Å². The quantitative estimate of drug-likeness (QED) is 0.678. The van der Waals surface area contributed by atoms with Gasteiger partial charge in [0.05, 0.1) is 0 Å². The van der Waals surface area contributed by atoms with E-state index in [1.165, 1.54) is 6.20 Å². The number of carbonyl (C=O) groups is 1. The molecule has 3 heteroatoms. The van der Waals surface area contributed by atoms with Crippen molar-refractivity contribution in [3.63, 3.8) is 0 Å². The second-order valence-corrected chi connectivity index (χ2v) is 4.30. The molecule has 0 bridgehead atoms. The Hall–Kier alpha value is -1.25. The summed E-state index contributed by atoms with van der Waals surface area (Å²) in [6.07, 6.45) is 1.49. The maximum absolute atomic E-state index is 13.1. The first-order chi connectivity index (χ1) is 6.41. The maximum Gasteiger partial charge on any atom is 0.216 e. The number of rotatable bonds is 2. The van der Waals surface area contributed by atoms with Crippen molar-refractivity contribution in [2.24, 2.45) is 5.41 Å². The first-order valence-electron chi connectivity index (χ1n) is 4.54. The smallest absolute Gasteiger partial charge is 0.216 e. The molecule has 0 saturated carbocycles. The summed E-state index contributed by atoms with van der Waals surface area (Å²) in [6, 6.07) is 3.22. The van der Waals surface area contributed by atoms with E-state index in [0.29, 0.717) is 5.56 Å². The first kappa shape index (κ1) is 10.8. The molecule has 76 valence electrons. The Morgan fingerprint density at radius 1 is 1.50 bits per heavy atom. The summed E-state index contributed by atoms with van der Waals surface area (Å²) in [5, 5.41) is 0. The Morgan fingerprint density at radius 3 is 2.64 bits per heavy atom. The SMILES string of the molecule is CC(C)(C)C(=O)Cc1cccnc1F. The second kappa shape index (κ2) is 3.86. The molecule has 1 aromatic rings. The molecule has 14 heavy (non-hydrogen) atoms. The van der Waals surface area contributed by atoms with E-state index in [1.807, 2.05) is 20.8 Å². The summed E-state index contributed by atoms with van der Waals surface area (Å²) in [5.74, 6) is -0.533. The molecule has 0 amide bonds. The molecular weight excluding hydrogens is 181 g/mol. The van der Waals surface area contributed by atoms with Gasteiger partial charge in [-0.2, -0.15) is 4.39 Å². The van der Waals surface area contributed by atoms with Crippen molar-refractivity contribution >= 4 is 5.78 Å². The van der Waals surface area contributed by atoms with E-state index in [1.54, 1.807) is 12.1 Å². The highest BCUT2D eigenvalue weighted by Gasteiger charge is 2.22. The molecular formula is C11H14FNO. The van der Waals surface area contributed by atoms with Gasteiger partial charge >= 0.3 is 0 Å². The lowest BCUT2D eigenvalue weighted by Crippen LogP contribution is -2.22. The van der Waals surface area contributed by atoms with Crippen LogP contribution in [0, 0.1) is 11.4 Å². The van der Waals surface area contributed by atoms with E-state index in [2.05, 4.69) is 4.98 Å². The molecule has 0 aliphatic rings. The van der Waals surface area contributed by atoms with Gasteiger partial charge in [-0.3, -0.25) is 4.79 Å². The highest BCUT2D eigenvalue weighted by atomic mass is 19.1. The van der Waals surface area contributed by atoms with Crippen LogP contribution in [-0.2, 0) is 11.2 Å². The molecule has 1 aromatic heterocycles. The van der Waals surface area contributed by atoms with E-state index in [4.69, 9.17) is 0 Å². The lowest BCUT2D eigenvalue weighted by Gasteiger charge is -2.16. The van der Waals surface area contributed by atoms with Gasteiger partial charge in [-0.25, -0.2) is 4.98 Å². The minimum absolute atomic E-state index is 0.0180. The topological polar surface area (TPSA) is 30.0 Å². The average molecular weight is 195 g/mol. The van der Waals surface area contributed by atoms with Gasteiger partial charge in [0.15, 0.2) is 0 Å². The van der Waals surface area contributed by atoms with Crippen molar-refractivity contribution in [1.29, 1.82) is 0 Å². The van der Waals surface area contributed by atoms with E-state index in [9.17, 15) is 9.18 Å². The van der Waals surface area contributed by atoms with Gasteiger partial charge in [0, 0.05) is 23.6 Å². The fourth-order valence-corrected chi connectivity index (χ4v) is 0.989. The number of hydrogen-bond acceptors (Lipinski definition) is 2. The summed E-state index contributed by atoms with van der Waals surface area (Å²) < 4.78 is 13.1. The van der Waals surface area contributed by atoms with Crippen molar-refractivity contribution in [2.75, 3.05) is 0 Å². The summed E-state index contributed by atoms with van der Waals surface area (Å²) in [7, 11) is 0. The number of pyridine rings is 1. The number of Topliss-reactive ketones (excluding diaryl/α,β-unsaturated/α-hetero) is 1. The van der Waals surface area contributed by atoms with Crippen molar-refractivity contribution < 1.29 is 9.18 Å². The van der Waals surface area contributed by atoms with Gasteiger partial charge in [0.1, 0.15) is 5.78 Å². The molecule has 2 nitrogen and oxygen atoms in total. The Kier molecular flexibility index (Phi) is 2.99. The summed E-state index contributed by atoms with van der Waals surface area (Å²) >= 11 is 0. The predicted octanol–water partition coefficient (Wildman–Crippen LogP) is 2.38. The molecule has 1 rings (SSSR count). The van der Waals surface area contributed by atoms with E-state index in [0.717, 1.165) is 0 Å². The molecule has 0 unspecified atom stereocenters. The predicted molar refractivity (Wildman–Crippen MR) is 52.4 cm³/mol. The minimum Gasteiger partial charge on any atom is -0.299 e. The van der Waals surface area contributed by atoms with Crippen LogP contribution in [-0.4, -0.2) is 10.8 Å². The molecule has 0 radical (unpaired) electrons. The Labute approximate surface area is 83.2 Å². The number of halogens is 1. The number of carbonyl (C=O) groups excluding carboxylic acids is 1. The van der Waals surface area contributed by atoms with Crippen molar-refractivity contribution in [3.8, 4) is 0 Å². The Bertz CT molecular complexity index is 341. The number of ketones is 1. The Morgan fingerprint density at radius 2 is 2.14 bits per heavy atom. The third-order valence-corrected chi connectivity index (χ3v) is 2.02. The summed E-state index contributed by atoms with van der Waals surface area (Å²) in [6.45, 7) is 5.47. The molecule has 0 N–H and O–H groups in total. The van der Waals surface area contributed by atoms with E-state index < -0.39 is 11.4 Å². The summed E-state index contributed by atoms with van der Waals surface area (Å²) in [5.41, 5.74) is -0.0603. The van der Waals surface area contributed by atoms with Gasteiger partial charge in [-0.15, -0.1) is 0 Å². The van der Waals surface area contributed by atoms with Crippen LogP contribution in [0.2, 0.25) is 0 Å². The van der Waals surface area contributed by atoms with Crippen LogP contribution in [0.15, 0.2) is 18.3 Å². The van der Waals surface area contributed by atoms with E-state index >= 15 is 0 Å². The highest BCUT2D eigenvalue weighted by molar-refractivity contribution is 5.85.